The molecule has 2 heterocycles. The van der Waals surface area contributed by atoms with E-state index in [9.17, 15) is 8.42 Å². The Hall–Kier alpha value is -1.44. The van der Waals surface area contributed by atoms with Crippen molar-refractivity contribution >= 4 is 21.6 Å². The number of rotatable bonds is 3. The van der Waals surface area contributed by atoms with Crippen molar-refractivity contribution in [3.05, 3.63) is 47.1 Å². The highest BCUT2D eigenvalue weighted by Crippen LogP contribution is 2.39. The van der Waals surface area contributed by atoms with Gasteiger partial charge in [0.15, 0.2) is 10.7 Å². The van der Waals surface area contributed by atoms with E-state index in [0.717, 1.165) is 4.31 Å². The number of aromatic nitrogens is 2. The maximum atomic E-state index is 15.2. The fourth-order valence-corrected chi connectivity index (χ4v) is 4.47. The van der Waals surface area contributed by atoms with E-state index in [-0.39, 0.29) is 24.5 Å². The van der Waals surface area contributed by atoms with Gasteiger partial charge < -0.3 is 0 Å². The molecule has 8 heteroatoms. The number of hydrogen-bond donors (Lipinski definition) is 0. The quantitative estimate of drug-likeness (QED) is 0.859. The van der Waals surface area contributed by atoms with Crippen LogP contribution in [0.25, 0.3) is 0 Å². The lowest BCUT2D eigenvalue weighted by atomic mass is 9.95. The van der Waals surface area contributed by atoms with Gasteiger partial charge in [-0.2, -0.15) is 9.40 Å². The van der Waals surface area contributed by atoms with Gasteiger partial charge >= 0.3 is 0 Å². The summed E-state index contributed by atoms with van der Waals surface area (Å²) in [7, 11) is -2.21. The molecule has 1 saturated heterocycles. The van der Waals surface area contributed by atoms with E-state index in [1.807, 2.05) is 0 Å². The van der Waals surface area contributed by atoms with Crippen LogP contribution in [-0.2, 0) is 22.7 Å². The van der Waals surface area contributed by atoms with E-state index < -0.39 is 15.7 Å². The molecule has 0 bridgehead atoms. The first-order chi connectivity index (χ1) is 10.3. The molecule has 5 nitrogen and oxygen atoms in total. The molecule has 0 saturated carbocycles. The van der Waals surface area contributed by atoms with Crippen LogP contribution in [0.1, 0.15) is 12.0 Å². The third kappa shape index (κ3) is 2.53. The maximum Gasteiger partial charge on any atom is 0.260 e. The van der Waals surface area contributed by atoms with Crippen LogP contribution in [0.2, 0.25) is 5.02 Å². The predicted octanol–water partition coefficient (Wildman–Crippen LogP) is 2.33. The van der Waals surface area contributed by atoms with Gasteiger partial charge in [-0.3, -0.25) is 4.68 Å². The van der Waals surface area contributed by atoms with Gasteiger partial charge in [-0.05, 0) is 23.8 Å². The highest BCUT2D eigenvalue weighted by Gasteiger charge is 2.45. The Bertz CT molecular complexity index is 808. The van der Waals surface area contributed by atoms with E-state index in [2.05, 4.69) is 5.10 Å². The monoisotopic (exact) mass is 343 g/mol. The average molecular weight is 344 g/mol. The summed E-state index contributed by atoms with van der Waals surface area (Å²) >= 11 is 5.90. The van der Waals surface area contributed by atoms with Crippen LogP contribution in [0, 0.1) is 0 Å². The number of halogens is 2. The number of aryl methyl sites for hydroxylation is 1. The lowest BCUT2D eigenvalue weighted by Gasteiger charge is -2.21. The second-order valence-electron chi connectivity index (χ2n) is 5.36. The maximum absolute atomic E-state index is 15.2. The molecule has 0 spiro atoms. The molecular weight excluding hydrogens is 329 g/mol. The SMILES string of the molecule is Cn1nccc1S(=O)(=O)N1CC[C@@](F)(c2cccc(Cl)c2)C1. The van der Waals surface area contributed by atoms with E-state index in [1.165, 1.54) is 16.9 Å². The number of benzene rings is 1. The topological polar surface area (TPSA) is 55.2 Å². The molecule has 22 heavy (non-hydrogen) atoms. The molecule has 0 amide bonds. The molecule has 3 rings (SSSR count). The molecular formula is C14H15ClFN3O2S. The smallest absolute Gasteiger partial charge is 0.256 e. The predicted molar refractivity (Wildman–Crippen MR) is 80.8 cm³/mol. The highest BCUT2D eigenvalue weighted by atomic mass is 35.5. The standard InChI is InChI=1S/C14H15ClFN3O2S/c1-18-13(5-7-17-18)22(20,21)19-8-6-14(16,10-19)11-3-2-4-12(15)9-11/h2-5,7,9H,6,8,10H2,1H3/t14-/m0/s1. The molecule has 1 aromatic carbocycles. The van der Waals surface area contributed by atoms with Crippen LogP contribution in [0.15, 0.2) is 41.6 Å². The summed E-state index contributed by atoms with van der Waals surface area (Å²) in [6.45, 7) is -0.0998. The Morgan fingerprint density at radius 3 is 2.77 bits per heavy atom. The van der Waals surface area contributed by atoms with Gasteiger partial charge in [0, 0.05) is 25.0 Å². The zero-order valence-electron chi connectivity index (χ0n) is 11.9. The van der Waals surface area contributed by atoms with E-state index in [4.69, 9.17) is 11.6 Å². The molecule has 1 aliphatic rings. The van der Waals surface area contributed by atoms with Crippen molar-refractivity contribution in [1.29, 1.82) is 0 Å². The Balaban J connectivity index is 1.90. The molecule has 1 atom stereocenters. The van der Waals surface area contributed by atoms with Crippen molar-refractivity contribution in [1.82, 2.24) is 14.1 Å². The molecule has 0 unspecified atom stereocenters. The minimum Gasteiger partial charge on any atom is -0.256 e. The van der Waals surface area contributed by atoms with Crippen LogP contribution >= 0.6 is 11.6 Å². The lowest BCUT2D eigenvalue weighted by molar-refractivity contribution is 0.183. The lowest BCUT2D eigenvalue weighted by Crippen LogP contribution is -2.33. The van der Waals surface area contributed by atoms with Gasteiger partial charge in [0.05, 0.1) is 12.7 Å². The van der Waals surface area contributed by atoms with Gasteiger partial charge in [-0.15, -0.1) is 0 Å². The third-order valence-electron chi connectivity index (χ3n) is 3.91. The van der Waals surface area contributed by atoms with E-state index >= 15 is 4.39 Å². The summed E-state index contributed by atoms with van der Waals surface area (Å²) < 4.78 is 42.7. The number of sulfonamides is 1. The van der Waals surface area contributed by atoms with Crippen molar-refractivity contribution in [3.63, 3.8) is 0 Å². The number of alkyl halides is 1. The Morgan fingerprint density at radius 1 is 1.36 bits per heavy atom. The number of hydrogen-bond acceptors (Lipinski definition) is 3. The largest absolute Gasteiger partial charge is 0.260 e. The molecule has 1 aromatic heterocycles. The first kappa shape index (κ1) is 15.5. The van der Waals surface area contributed by atoms with Crippen LogP contribution in [0.5, 0.6) is 0 Å². The first-order valence-electron chi connectivity index (χ1n) is 6.76. The summed E-state index contributed by atoms with van der Waals surface area (Å²) in [5.41, 5.74) is -1.32. The van der Waals surface area contributed by atoms with Crippen molar-refractivity contribution in [2.45, 2.75) is 17.1 Å². The first-order valence-corrected chi connectivity index (χ1v) is 8.58. The molecule has 0 N–H and O–H groups in total. The summed E-state index contributed by atoms with van der Waals surface area (Å²) in [6.07, 6.45) is 1.51. The summed E-state index contributed by atoms with van der Waals surface area (Å²) in [4.78, 5) is 0. The normalized spacial score (nSPS) is 23.0. The van der Waals surface area contributed by atoms with Crippen molar-refractivity contribution < 1.29 is 12.8 Å². The van der Waals surface area contributed by atoms with E-state index in [0.29, 0.717) is 10.6 Å². The second-order valence-corrected chi connectivity index (χ2v) is 7.68. The van der Waals surface area contributed by atoms with Gasteiger partial charge in [0.2, 0.25) is 0 Å². The van der Waals surface area contributed by atoms with Crippen molar-refractivity contribution in [2.75, 3.05) is 13.1 Å². The molecule has 1 fully saturated rings. The fraction of sp³-hybridized carbons (Fsp3) is 0.357. The van der Waals surface area contributed by atoms with Gasteiger partial charge in [0.1, 0.15) is 0 Å². The fourth-order valence-electron chi connectivity index (χ4n) is 2.69. The molecule has 0 radical (unpaired) electrons. The average Bonchev–Trinajstić information content (AvgIpc) is 3.07. The molecule has 118 valence electrons. The summed E-state index contributed by atoms with van der Waals surface area (Å²) in [6, 6.07) is 7.91. The van der Waals surface area contributed by atoms with Crippen LogP contribution in [0.4, 0.5) is 4.39 Å². The zero-order chi connectivity index (χ0) is 16.0. The van der Waals surface area contributed by atoms with Crippen LogP contribution in [0.3, 0.4) is 0 Å². The minimum atomic E-state index is -3.75. The van der Waals surface area contributed by atoms with Gasteiger partial charge in [0.25, 0.3) is 10.0 Å². The van der Waals surface area contributed by atoms with Gasteiger partial charge in [-0.1, -0.05) is 23.7 Å². The number of nitrogens with zero attached hydrogens (tertiary/aromatic N) is 3. The zero-order valence-corrected chi connectivity index (χ0v) is 13.5. The minimum absolute atomic E-state index is 0.0582. The van der Waals surface area contributed by atoms with Crippen LogP contribution < -0.4 is 0 Å². The molecule has 1 aliphatic heterocycles. The Morgan fingerprint density at radius 2 is 2.14 bits per heavy atom. The summed E-state index contributed by atoms with van der Waals surface area (Å²) in [5.74, 6) is 0. The third-order valence-corrected chi connectivity index (χ3v) is 6.06. The van der Waals surface area contributed by atoms with Gasteiger partial charge in [-0.25, -0.2) is 12.8 Å². The van der Waals surface area contributed by atoms with Crippen molar-refractivity contribution in [3.8, 4) is 0 Å². The molecule has 0 aliphatic carbocycles. The van der Waals surface area contributed by atoms with Crippen LogP contribution in [-0.4, -0.2) is 35.6 Å². The Kier molecular flexibility index (Phi) is 3.74. The summed E-state index contributed by atoms with van der Waals surface area (Å²) in [5, 5.41) is 4.35. The van der Waals surface area contributed by atoms with Crippen molar-refractivity contribution in [2.24, 2.45) is 7.05 Å². The second kappa shape index (κ2) is 5.33. The Labute approximate surface area is 133 Å². The van der Waals surface area contributed by atoms with E-state index in [1.54, 1.807) is 31.3 Å². The highest BCUT2D eigenvalue weighted by molar-refractivity contribution is 7.89. The molecule has 2 aromatic rings.